The molecule has 21 N–H and O–H groups in total. The summed E-state index contributed by atoms with van der Waals surface area (Å²) < 4.78 is 25.9. The number of ketones is 2. The minimum atomic E-state index is -3.66. The normalized spacial score (nSPS) is 13.9. The first kappa shape index (κ1) is 112. The van der Waals surface area contributed by atoms with Gasteiger partial charge in [-0.25, -0.2) is 67.4 Å². The molecule has 754 valence electrons. The predicted molar refractivity (Wildman–Crippen MR) is 542 cm³/mol. The highest BCUT2D eigenvalue weighted by molar-refractivity contribution is 7.89. The zero-order valence-electron chi connectivity index (χ0n) is 83.8. The summed E-state index contributed by atoms with van der Waals surface area (Å²) in [6.45, 7) is 33.8. The minimum Gasteiger partial charge on any atom is -0.478 e. The van der Waals surface area contributed by atoms with Crippen LogP contribution in [0, 0.1) is 11.8 Å². The molecule has 0 saturated heterocycles. The van der Waals surface area contributed by atoms with Gasteiger partial charge >= 0.3 is 5.97 Å². The average Bonchev–Trinajstić information content (AvgIpc) is 1.61. The molecule has 1 aliphatic carbocycles. The number of anilines is 10. The van der Waals surface area contributed by atoms with Crippen LogP contribution in [0.2, 0.25) is 0 Å². The Kier molecular flexibility index (Phi) is 40.6. The van der Waals surface area contributed by atoms with E-state index in [1.54, 1.807) is 44.7 Å². The molecule has 44 nitrogen and oxygen atoms in total. The number of nitrogens with one attached hydrogen (secondary N) is 10. The van der Waals surface area contributed by atoms with E-state index in [1.807, 2.05) is 48.5 Å². The molecule has 10 aromatic heterocycles. The molecular formula is C94H140N32O12S. The first-order valence-corrected chi connectivity index (χ1v) is 48.0. The predicted octanol–water partition coefficient (Wildman–Crippen LogP) is 10.6. The zero-order chi connectivity index (χ0) is 103. The maximum atomic E-state index is 12.4. The van der Waals surface area contributed by atoms with E-state index in [4.69, 9.17) is 33.8 Å². The van der Waals surface area contributed by atoms with Gasteiger partial charge in [0.15, 0.2) is 40.7 Å². The van der Waals surface area contributed by atoms with Gasteiger partial charge in [-0.1, -0.05) is 113 Å². The molecule has 45 heteroatoms. The monoisotopic (exact) mass is 1940 g/mol. The molecule has 0 aliphatic heterocycles. The number of carbonyl (C=O) groups is 9. The van der Waals surface area contributed by atoms with Crippen molar-refractivity contribution in [3.05, 3.63) is 83.6 Å². The average molecular weight is 1940 g/mol. The van der Waals surface area contributed by atoms with Crippen LogP contribution in [-0.4, -0.2) is 239 Å². The number of pyridine rings is 5. The molecule has 10 aromatic rings. The number of hydrogen-bond donors (Lipinski definition) is 16. The lowest BCUT2D eigenvalue weighted by Gasteiger charge is -2.32. The molecule has 0 aromatic carbocycles. The Hall–Kier alpha value is -14.0. The van der Waals surface area contributed by atoms with Crippen LogP contribution in [0.5, 0.6) is 0 Å². The van der Waals surface area contributed by atoms with Gasteiger partial charge in [0, 0.05) is 149 Å². The van der Waals surface area contributed by atoms with Gasteiger partial charge in [0.1, 0.15) is 32.5 Å². The summed E-state index contributed by atoms with van der Waals surface area (Å²) >= 11 is 0. The molecule has 0 radical (unpaired) electrons. The summed E-state index contributed by atoms with van der Waals surface area (Å²) in [4.78, 5) is 171. The Balaban J connectivity index is 0.000000236. The number of carboxylic acid groups (broad SMARTS) is 1. The lowest BCUT2D eigenvalue weighted by molar-refractivity contribution is -0.120. The van der Waals surface area contributed by atoms with Crippen molar-refractivity contribution in [2.24, 2.45) is 11.8 Å². The second-order valence-corrected chi connectivity index (χ2v) is 39.2. The van der Waals surface area contributed by atoms with E-state index in [9.17, 15) is 51.6 Å². The number of Topliss-reactive ketones (excluding diaryl/α,β-unsaturated/α-hetero) is 2. The number of aromatic nitrogens is 15. The van der Waals surface area contributed by atoms with Crippen molar-refractivity contribution in [3.8, 4) is 0 Å². The molecule has 5 atom stereocenters. The number of sulfonamides is 1. The smallest absolute Gasteiger partial charge is 0.337 e. The summed E-state index contributed by atoms with van der Waals surface area (Å²) in [5.41, 5.74) is 33.3. The second-order valence-electron chi connectivity index (χ2n) is 37.0. The van der Waals surface area contributed by atoms with Gasteiger partial charge < -0.3 is 91.8 Å². The number of rotatable bonds is 43. The fourth-order valence-electron chi connectivity index (χ4n) is 14.5. The highest BCUT2D eigenvalue weighted by Crippen LogP contribution is 2.36. The number of amides is 6. The molecule has 1 fully saturated rings. The second kappa shape index (κ2) is 50.4. The number of carboxylic acids is 1. The maximum Gasteiger partial charge on any atom is 0.337 e. The van der Waals surface area contributed by atoms with Gasteiger partial charge in [0.25, 0.3) is 5.91 Å². The topological polar surface area (TPSA) is 658 Å². The van der Waals surface area contributed by atoms with Crippen molar-refractivity contribution < 1.29 is 56.7 Å². The van der Waals surface area contributed by atoms with E-state index < -0.39 is 43.7 Å². The first-order chi connectivity index (χ1) is 65.3. The number of nitrogens with zero attached hydrogens (tertiary/aromatic N) is 17. The molecule has 1 saturated carbocycles. The number of aromatic carboxylic acids is 1. The number of fused-ring (bicyclic) bond motifs is 5. The van der Waals surface area contributed by atoms with Crippen LogP contribution >= 0.6 is 0 Å². The Morgan fingerprint density at radius 3 is 0.878 bits per heavy atom. The number of nitrogen functional groups attached to an aromatic ring is 5. The molecule has 0 spiro atoms. The SMILES string of the molecule is CCCC[C@](C)(CNC(C)=O)Nc1nc(N)nc2cc(C(=O)C(C)C)cnc12.CCCC[C@](C)(CNC(C)=O)Nc1nc(N)nc2cc(C(=O)C3CC3)cnc12.CCCC[C@](C)(CNC(C)=O)Nc1nc(N)nc2cc(C(=O)N(C)C)cnc12.CCCC[C@](C)(CNC(C)=O)Nc1nc(N)nc2cc(C(=O)O)cnc12.CCCC[C@](C)(CNC(C)=O)Nc1nc(N)nc2cc(S(=O)(=O)N(C)C)cnc12. The minimum absolute atomic E-state index is 0.000430. The quantitative estimate of drug-likeness (QED) is 0.0158. The van der Waals surface area contributed by atoms with Gasteiger partial charge in [0.05, 0.1) is 66.4 Å². The summed E-state index contributed by atoms with van der Waals surface area (Å²) in [6.07, 6.45) is 23.1. The third kappa shape index (κ3) is 33.7. The maximum absolute atomic E-state index is 12.4. The van der Waals surface area contributed by atoms with Gasteiger partial charge in [-0.05, 0) is 110 Å². The van der Waals surface area contributed by atoms with E-state index in [0.717, 1.165) is 113 Å². The summed E-state index contributed by atoms with van der Waals surface area (Å²) in [6, 6.07) is 7.93. The fraction of sp³-hybridized carbons (Fsp3) is 0.532. The van der Waals surface area contributed by atoms with E-state index in [2.05, 4.69) is 163 Å². The summed E-state index contributed by atoms with van der Waals surface area (Å²) in [7, 11) is 2.59. The molecule has 6 amide bonds. The van der Waals surface area contributed by atoms with E-state index in [1.165, 1.54) is 84.3 Å². The van der Waals surface area contributed by atoms with Crippen LogP contribution in [0.25, 0.3) is 55.2 Å². The lowest BCUT2D eigenvalue weighted by Crippen LogP contribution is -2.46. The van der Waals surface area contributed by atoms with E-state index in [0.29, 0.717) is 134 Å². The highest BCUT2D eigenvalue weighted by Gasteiger charge is 2.35. The third-order valence-corrected chi connectivity index (χ3v) is 24.4. The van der Waals surface area contributed by atoms with Crippen LogP contribution in [0.3, 0.4) is 0 Å². The number of carbonyl (C=O) groups excluding carboxylic acids is 8. The standard InChI is InChI=1S/C20H28N6O2.C20H30N6O2.C19H29N7O2.C18H29N7O3S.C17H24N6O3/c1-4-5-8-20(3,11-23-12(2)27)26-18-16-15(24-19(21)25-18)9-14(10-22-16)17(28)13-6-7-13;1-6-7-8-20(5,11-23-13(4)27)26-18-16-15(24-19(21)25-18)9-14(10-22-16)17(28)12(2)3;1-6-7-8-19(3,11-22-12(2)27)25-16-15-14(23-18(20)24-16)9-13(10-21-15)17(28)26(4)5;1-6-7-8-18(3,11-21-12(2)26)24-16-15-14(22-17(19)23-16)9-13(10-20-15)29(27,28)25(4)5;1-4-5-6-17(3,9-20-10(2)24)23-14-13-12(21-16(18)22-14)7-11(8-19-13)15(25)26/h9-10,13H,4-8,11H2,1-3H3,(H,23,27)(H3,21,24,25,26);9-10,12H,6-8,11H2,1-5H3,(H,23,27)(H3,21,24,25,26);9-10H,6-8,11H2,1-5H3,(H,22,27)(H3,20,23,24,25);9-10H,6-8,11H2,1-5H3,(H,21,26)(H3,19,22,23,24);7-8H,4-6,9H2,1-3H3,(H,20,24)(H,25,26)(H3,18,21,22,23)/t2*20-;19-;18-;17-/m11111/s1. The third-order valence-electron chi connectivity index (χ3n) is 22.6. The van der Waals surface area contributed by atoms with Crippen LogP contribution < -0.4 is 81.8 Å². The molecule has 11 rings (SSSR count). The lowest BCUT2D eigenvalue weighted by atomic mass is 9.94. The largest absolute Gasteiger partial charge is 0.478 e. The Labute approximate surface area is 811 Å². The van der Waals surface area contributed by atoms with Gasteiger partial charge in [-0.3, -0.25) is 38.4 Å². The van der Waals surface area contributed by atoms with Crippen LogP contribution in [0.15, 0.2) is 66.2 Å². The molecular weight excluding hydrogens is 1800 g/mol. The molecule has 139 heavy (non-hydrogen) atoms. The van der Waals surface area contributed by atoms with Crippen molar-refractivity contribution in [2.45, 2.75) is 259 Å². The Bertz CT molecular complexity index is 5820. The van der Waals surface area contributed by atoms with Crippen LogP contribution in [0.4, 0.5) is 58.8 Å². The van der Waals surface area contributed by atoms with Crippen molar-refractivity contribution in [2.75, 3.05) is 116 Å². The Morgan fingerprint density at radius 1 is 0.381 bits per heavy atom. The first-order valence-electron chi connectivity index (χ1n) is 46.6. The molecule has 10 heterocycles. The number of unbranched alkanes of at least 4 members (excludes halogenated alkanes) is 5. The van der Waals surface area contributed by atoms with Crippen molar-refractivity contribution in [1.82, 2.24) is 111 Å². The highest BCUT2D eigenvalue weighted by atomic mass is 32.2. The van der Waals surface area contributed by atoms with E-state index >= 15 is 0 Å². The summed E-state index contributed by atoms with van der Waals surface area (Å²) in [5, 5.41) is 40.3. The number of hydrogen-bond acceptors (Lipinski definition) is 36. The van der Waals surface area contributed by atoms with Crippen LogP contribution in [0.1, 0.15) is 268 Å². The zero-order valence-corrected chi connectivity index (χ0v) is 84.6. The van der Waals surface area contributed by atoms with Gasteiger partial charge in [-0.15, -0.1) is 0 Å². The summed E-state index contributed by atoms with van der Waals surface area (Å²) in [5.74, 6) is 0.925. The van der Waals surface area contributed by atoms with Crippen molar-refractivity contribution >= 4 is 177 Å². The number of nitrogens with two attached hydrogens (primary N) is 5. The molecule has 0 bridgehead atoms. The molecule has 1 aliphatic rings. The van der Waals surface area contributed by atoms with Crippen molar-refractivity contribution in [1.29, 1.82) is 0 Å². The Morgan fingerprint density at radius 2 is 0.626 bits per heavy atom. The van der Waals surface area contributed by atoms with Crippen LogP contribution in [-0.2, 0) is 34.0 Å². The van der Waals surface area contributed by atoms with Gasteiger partial charge in [-0.2, -0.15) is 24.9 Å². The fourth-order valence-corrected chi connectivity index (χ4v) is 15.3. The van der Waals surface area contributed by atoms with E-state index in [-0.39, 0.29) is 99.0 Å². The van der Waals surface area contributed by atoms with Crippen molar-refractivity contribution in [3.63, 3.8) is 0 Å². The van der Waals surface area contributed by atoms with Gasteiger partial charge in [0.2, 0.25) is 69.3 Å². The molecule has 0 unspecified atom stereocenters.